The predicted molar refractivity (Wildman–Crippen MR) is 71.6 cm³/mol. The molecule has 0 spiro atoms. The first-order valence-corrected chi connectivity index (χ1v) is 5.88. The summed E-state index contributed by atoms with van der Waals surface area (Å²) in [6.07, 6.45) is 4.70. The number of carboxylic acid groups (broad SMARTS) is 1. The van der Waals surface area contributed by atoms with Crippen LogP contribution in [-0.2, 0) is 6.42 Å². The molecule has 0 aliphatic carbocycles. The number of oxazole rings is 1. The van der Waals surface area contributed by atoms with Crippen molar-refractivity contribution >= 4 is 18.2 Å². The van der Waals surface area contributed by atoms with Crippen molar-refractivity contribution in [3.63, 3.8) is 0 Å². The zero-order chi connectivity index (χ0) is 13.5. The van der Waals surface area contributed by atoms with Crippen LogP contribution in [0.5, 0.6) is 0 Å². The molecular formula is C14H14N2O3. The molecule has 0 radical (unpaired) electrons. The maximum Gasteiger partial charge on any atom is 0.404 e. The van der Waals surface area contributed by atoms with Crippen LogP contribution < -0.4 is 5.32 Å². The average Bonchev–Trinajstić information content (AvgIpc) is 2.85. The topological polar surface area (TPSA) is 75.4 Å². The van der Waals surface area contributed by atoms with E-state index in [9.17, 15) is 4.79 Å². The molecule has 5 nitrogen and oxygen atoms in total. The second kappa shape index (κ2) is 6.39. The summed E-state index contributed by atoms with van der Waals surface area (Å²) in [7, 11) is 0. The maximum atomic E-state index is 10.3. The van der Waals surface area contributed by atoms with Gasteiger partial charge in [-0.2, -0.15) is 0 Å². The Bertz CT molecular complexity index is 561. The van der Waals surface area contributed by atoms with Crippen LogP contribution in [0.1, 0.15) is 17.1 Å². The first kappa shape index (κ1) is 12.9. The van der Waals surface area contributed by atoms with Crippen molar-refractivity contribution in [1.29, 1.82) is 0 Å². The van der Waals surface area contributed by atoms with E-state index in [4.69, 9.17) is 9.52 Å². The van der Waals surface area contributed by atoms with E-state index in [-0.39, 0.29) is 0 Å². The molecule has 0 fully saturated rings. The van der Waals surface area contributed by atoms with Crippen LogP contribution in [0.4, 0.5) is 4.79 Å². The Morgan fingerprint density at radius 2 is 2.11 bits per heavy atom. The summed E-state index contributed by atoms with van der Waals surface area (Å²) >= 11 is 0. The van der Waals surface area contributed by atoms with E-state index in [1.54, 1.807) is 6.08 Å². The minimum atomic E-state index is -1.03. The fourth-order valence-corrected chi connectivity index (χ4v) is 1.54. The molecule has 0 unspecified atom stereocenters. The summed E-state index contributed by atoms with van der Waals surface area (Å²) < 4.78 is 5.27. The Kier molecular flexibility index (Phi) is 4.34. The van der Waals surface area contributed by atoms with Gasteiger partial charge in [0.1, 0.15) is 6.26 Å². The van der Waals surface area contributed by atoms with Gasteiger partial charge in [-0.1, -0.05) is 30.3 Å². The summed E-state index contributed by atoms with van der Waals surface area (Å²) in [5.74, 6) is 0.508. The van der Waals surface area contributed by atoms with Crippen molar-refractivity contribution < 1.29 is 14.3 Å². The molecule has 1 heterocycles. The largest absolute Gasteiger partial charge is 0.465 e. The Balaban J connectivity index is 1.90. The normalized spacial score (nSPS) is 10.7. The predicted octanol–water partition coefficient (Wildman–Crippen LogP) is 2.66. The quantitative estimate of drug-likeness (QED) is 0.864. The summed E-state index contributed by atoms with van der Waals surface area (Å²) in [5, 5.41) is 10.7. The van der Waals surface area contributed by atoms with E-state index in [2.05, 4.69) is 10.3 Å². The van der Waals surface area contributed by atoms with E-state index in [1.807, 2.05) is 36.4 Å². The number of hydrogen-bond donors (Lipinski definition) is 2. The highest BCUT2D eigenvalue weighted by Gasteiger charge is 2.02. The Labute approximate surface area is 110 Å². The molecule has 2 rings (SSSR count). The Morgan fingerprint density at radius 1 is 1.32 bits per heavy atom. The third-order valence-electron chi connectivity index (χ3n) is 2.44. The molecule has 1 amide bonds. The molecule has 1 aromatic carbocycles. The lowest BCUT2D eigenvalue weighted by Gasteiger charge is -1.95. The van der Waals surface area contributed by atoms with E-state index < -0.39 is 6.09 Å². The summed E-state index contributed by atoms with van der Waals surface area (Å²) in [4.78, 5) is 14.5. The van der Waals surface area contributed by atoms with Crippen LogP contribution in [0, 0.1) is 0 Å². The van der Waals surface area contributed by atoms with Crippen LogP contribution >= 0.6 is 0 Å². The molecule has 1 aromatic heterocycles. The minimum absolute atomic E-state index is 0.323. The third-order valence-corrected chi connectivity index (χ3v) is 2.44. The van der Waals surface area contributed by atoms with Crippen LogP contribution in [0.25, 0.3) is 12.2 Å². The van der Waals surface area contributed by atoms with E-state index in [0.29, 0.717) is 18.9 Å². The Hall–Kier alpha value is -2.56. The number of amides is 1. The van der Waals surface area contributed by atoms with Crippen molar-refractivity contribution in [2.75, 3.05) is 6.54 Å². The molecular weight excluding hydrogens is 244 g/mol. The van der Waals surface area contributed by atoms with Gasteiger partial charge in [0.05, 0.1) is 5.69 Å². The van der Waals surface area contributed by atoms with Crippen molar-refractivity contribution in [2.24, 2.45) is 0 Å². The zero-order valence-electron chi connectivity index (χ0n) is 10.2. The lowest BCUT2D eigenvalue weighted by molar-refractivity contribution is 0.194. The van der Waals surface area contributed by atoms with Crippen LogP contribution in [0.15, 0.2) is 41.0 Å². The highest BCUT2D eigenvalue weighted by atomic mass is 16.4. The van der Waals surface area contributed by atoms with Crippen LogP contribution in [0.3, 0.4) is 0 Å². The molecule has 0 aliphatic heterocycles. The summed E-state index contributed by atoms with van der Waals surface area (Å²) in [6.45, 7) is 0.323. The number of hydrogen-bond acceptors (Lipinski definition) is 3. The van der Waals surface area contributed by atoms with Gasteiger partial charge in [-0.25, -0.2) is 9.78 Å². The van der Waals surface area contributed by atoms with Gasteiger partial charge in [0, 0.05) is 19.0 Å². The first-order valence-electron chi connectivity index (χ1n) is 5.88. The number of nitrogens with zero attached hydrogens (tertiary/aromatic N) is 1. The smallest absolute Gasteiger partial charge is 0.404 e. The molecule has 0 aliphatic rings. The summed E-state index contributed by atoms with van der Waals surface area (Å²) in [6, 6.07) is 9.83. The fourth-order valence-electron chi connectivity index (χ4n) is 1.54. The SMILES string of the molecule is O=C(O)NCCc1coc(C=Cc2ccccc2)n1. The summed E-state index contributed by atoms with van der Waals surface area (Å²) in [5.41, 5.74) is 1.79. The minimum Gasteiger partial charge on any atom is -0.465 e. The second-order valence-corrected chi connectivity index (χ2v) is 3.90. The number of aromatic nitrogens is 1. The van der Waals surface area contributed by atoms with Crippen molar-refractivity contribution in [3.05, 3.63) is 53.7 Å². The van der Waals surface area contributed by atoms with Gasteiger partial charge >= 0.3 is 6.09 Å². The molecule has 0 saturated heterocycles. The third kappa shape index (κ3) is 4.31. The Morgan fingerprint density at radius 3 is 2.84 bits per heavy atom. The van der Waals surface area contributed by atoms with Gasteiger partial charge in [-0.05, 0) is 11.6 Å². The molecule has 98 valence electrons. The molecule has 2 N–H and O–H groups in total. The van der Waals surface area contributed by atoms with Gasteiger partial charge in [-0.15, -0.1) is 0 Å². The van der Waals surface area contributed by atoms with Gasteiger partial charge < -0.3 is 14.8 Å². The van der Waals surface area contributed by atoms with Crippen molar-refractivity contribution in [2.45, 2.75) is 6.42 Å². The van der Waals surface area contributed by atoms with Gasteiger partial charge in [0.15, 0.2) is 0 Å². The number of carbonyl (C=O) groups is 1. The van der Waals surface area contributed by atoms with Gasteiger partial charge in [0.2, 0.25) is 5.89 Å². The highest BCUT2D eigenvalue weighted by molar-refractivity contribution is 5.66. The average molecular weight is 258 g/mol. The van der Waals surface area contributed by atoms with Crippen LogP contribution in [-0.4, -0.2) is 22.7 Å². The second-order valence-electron chi connectivity index (χ2n) is 3.90. The monoisotopic (exact) mass is 258 g/mol. The van der Waals surface area contributed by atoms with E-state index in [1.165, 1.54) is 6.26 Å². The van der Waals surface area contributed by atoms with Crippen molar-refractivity contribution in [1.82, 2.24) is 10.3 Å². The fraction of sp³-hybridized carbons (Fsp3) is 0.143. The number of nitrogens with one attached hydrogen (secondary N) is 1. The molecule has 0 atom stereocenters. The first-order chi connectivity index (χ1) is 9.24. The molecule has 2 aromatic rings. The molecule has 19 heavy (non-hydrogen) atoms. The highest BCUT2D eigenvalue weighted by Crippen LogP contribution is 2.08. The van der Waals surface area contributed by atoms with E-state index >= 15 is 0 Å². The maximum absolute atomic E-state index is 10.3. The standard InChI is InChI=1S/C14H14N2O3/c17-14(18)15-9-8-12-10-19-13(16-12)7-6-11-4-2-1-3-5-11/h1-7,10,15H,8-9H2,(H,17,18). The van der Waals surface area contributed by atoms with Gasteiger partial charge in [-0.3, -0.25) is 0 Å². The zero-order valence-corrected chi connectivity index (χ0v) is 10.2. The number of rotatable bonds is 5. The van der Waals surface area contributed by atoms with E-state index in [0.717, 1.165) is 11.3 Å². The number of benzene rings is 1. The van der Waals surface area contributed by atoms with Crippen LogP contribution in [0.2, 0.25) is 0 Å². The molecule has 5 heteroatoms. The van der Waals surface area contributed by atoms with Crippen molar-refractivity contribution in [3.8, 4) is 0 Å². The lowest BCUT2D eigenvalue weighted by Crippen LogP contribution is -2.23. The van der Waals surface area contributed by atoms with Gasteiger partial charge in [0.25, 0.3) is 0 Å². The lowest BCUT2D eigenvalue weighted by atomic mass is 10.2. The molecule has 0 bridgehead atoms. The molecule has 0 saturated carbocycles.